The molecule has 0 aliphatic heterocycles. The van der Waals surface area contributed by atoms with Crippen LogP contribution in [-0.2, 0) is 0 Å². The molecule has 1 N–H and O–H groups in total. The van der Waals surface area contributed by atoms with Crippen LogP contribution >= 0.6 is 0 Å². The summed E-state index contributed by atoms with van der Waals surface area (Å²) in [6.45, 7) is 1.68. The van der Waals surface area contributed by atoms with Crippen LogP contribution < -0.4 is 4.74 Å². The van der Waals surface area contributed by atoms with Crippen LogP contribution in [0.5, 0.6) is 5.75 Å². The van der Waals surface area contributed by atoms with E-state index in [0.29, 0.717) is 5.39 Å². The van der Waals surface area contributed by atoms with Crippen molar-refractivity contribution in [2.75, 3.05) is 7.11 Å². The number of rotatable bonds is 2. The molecule has 0 saturated heterocycles. The van der Waals surface area contributed by atoms with E-state index >= 15 is 0 Å². The maximum absolute atomic E-state index is 13.8. The average molecular weight is 220 g/mol. The Balaban J connectivity index is 2.65. The van der Waals surface area contributed by atoms with Gasteiger partial charge in [0.15, 0.2) is 11.6 Å². The largest absolute Gasteiger partial charge is 0.494 e. The molecule has 3 heteroatoms. The summed E-state index contributed by atoms with van der Waals surface area (Å²) in [5.41, 5.74) is 0.775. The van der Waals surface area contributed by atoms with Crippen LogP contribution in [-0.4, -0.2) is 12.2 Å². The predicted octanol–water partition coefficient (Wildman–Crippen LogP) is 3.04. The second-order valence-electron chi connectivity index (χ2n) is 3.74. The Morgan fingerprint density at radius 2 is 2.00 bits per heavy atom. The first-order valence-electron chi connectivity index (χ1n) is 5.07. The molecule has 0 radical (unpaired) electrons. The first-order chi connectivity index (χ1) is 7.63. The van der Waals surface area contributed by atoms with E-state index in [4.69, 9.17) is 4.74 Å². The van der Waals surface area contributed by atoms with Crippen LogP contribution in [0.2, 0.25) is 0 Å². The molecule has 84 valence electrons. The molecule has 16 heavy (non-hydrogen) atoms. The fourth-order valence-corrected chi connectivity index (χ4v) is 1.71. The van der Waals surface area contributed by atoms with Crippen molar-refractivity contribution in [3.8, 4) is 5.75 Å². The van der Waals surface area contributed by atoms with Crippen LogP contribution in [0.15, 0.2) is 30.3 Å². The summed E-state index contributed by atoms with van der Waals surface area (Å²) in [4.78, 5) is 0. The molecule has 2 nitrogen and oxygen atoms in total. The van der Waals surface area contributed by atoms with Gasteiger partial charge in [-0.3, -0.25) is 0 Å². The molecule has 2 aromatic rings. The molecule has 0 heterocycles. The Kier molecular flexibility index (Phi) is 2.79. The molecule has 0 amide bonds. The molecule has 0 bridgehead atoms. The fraction of sp³-hybridized carbons (Fsp3) is 0.231. The lowest BCUT2D eigenvalue weighted by atomic mass is 10.0. The maximum Gasteiger partial charge on any atom is 0.172 e. The van der Waals surface area contributed by atoms with Crippen molar-refractivity contribution in [2.24, 2.45) is 0 Å². The zero-order valence-corrected chi connectivity index (χ0v) is 9.20. The molecule has 0 fully saturated rings. The quantitative estimate of drug-likeness (QED) is 0.842. The number of halogens is 1. The molecule has 0 saturated carbocycles. The minimum Gasteiger partial charge on any atom is -0.494 e. The van der Waals surface area contributed by atoms with Crippen molar-refractivity contribution in [1.82, 2.24) is 0 Å². The minimum atomic E-state index is -0.547. The van der Waals surface area contributed by atoms with Crippen molar-refractivity contribution in [3.63, 3.8) is 0 Å². The highest BCUT2D eigenvalue weighted by Gasteiger charge is 2.09. The van der Waals surface area contributed by atoms with Gasteiger partial charge < -0.3 is 9.84 Å². The summed E-state index contributed by atoms with van der Waals surface area (Å²) in [7, 11) is 1.44. The van der Waals surface area contributed by atoms with Crippen LogP contribution in [0.3, 0.4) is 0 Å². The first kappa shape index (κ1) is 10.9. The highest BCUT2D eigenvalue weighted by Crippen LogP contribution is 2.28. The van der Waals surface area contributed by atoms with E-state index in [1.165, 1.54) is 7.11 Å². The van der Waals surface area contributed by atoms with Gasteiger partial charge in [0, 0.05) is 5.39 Å². The molecule has 0 aliphatic carbocycles. The summed E-state index contributed by atoms with van der Waals surface area (Å²) in [6.07, 6.45) is -0.547. The SMILES string of the molecule is COc1ccc2cc(C(C)O)ccc2c1F. The van der Waals surface area contributed by atoms with E-state index in [0.717, 1.165) is 10.9 Å². The summed E-state index contributed by atoms with van der Waals surface area (Å²) in [5.74, 6) is -0.130. The molecule has 2 aromatic carbocycles. The van der Waals surface area contributed by atoms with Gasteiger partial charge in [0.1, 0.15) is 0 Å². The van der Waals surface area contributed by atoms with E-state index in [-0.39, 0.29) is 11.6 Å². The second-order valence-corrected chi connectivity index (χ2v) is 3.74. The van der Waals surface area contributed by atoms with Gasteiger partial charge in [0.25, 0.3) is 0 Å². The van der Waals surface area contributed by atoms with Crippen molar-refractivity contribution >= 4 is 10.8 Å². The van der Waals surface area contributed by atoms with Crippen LogP contribution in [0.25, 0.3) is 10.8 Å². The van der Waals surface area contributed by atoms with Crippen molar-refractivity contribution in [1.29, 1.82) is 0 Å². The van der Waals surface area contributed by atoms with Gasteiger partial charge in [-0.05, 0) is 30.0 Å². The Morgan fingerprint density at radius 1 is 1.25 bits per heavy atom. The highest BCUT2D eigenvalue weighted by molar-refractivity contribution is 5.85. The first-order valence-corrected chi connectivity index (χ1v) is 5.07. The van der Waals surface area contributed by atoms with E-state index in [1.54, 1.807) is 37.3 Å². The summed E-state index contributed by atoms with van der Waals surface area (Å²) >= 11 is 0. The van der Waals surface area contributed by atoms with Crippen LogP contribution in [0.4, 0.5) is 4.39 Å². The van der Waals surface area contributed by atoms with Crippen molar-refractivity contribution < 1.29 is 14.2 Å². The minimum absolute atomic E-state index is 0.234. The lowest BCUT2D eigenvalue weighted by Gasteiger charge is -2.08. The molecule has 1 atom stereocenters. The lowest BCUT2D eigenvalue weighted by Crippen LogP contribution is -1.93. The molecule has 2 rings (SSSR count). The molecule has 0 aliphatic rings. The van der Waals surface area contributed by atoms with E-state index in [9.17, 15) is 9.50 Å². The van der Waals surface area contributed by atoms with E-state index < -0.39 is 6.10 Å². The topological polar surface area (TPSA) is 29.5 Å². The Hall–Kier alpha value is -1.61. The Labute approximate surface area is 93.3 Å². The Morgan fingerprint density at radius 3 is 2.62 bits per heavy atom. The second kappa shape index (κ2) is 4.10. The van der Waals surface area contributed by atoms with Gasteiger partial charge in [0.05, 0.1) is 13.2 Å². The van der Waals surface area contributed by atoms with E-state index in [2.05, 4.69) is 0 Å². The van der Waals surface area contributed by atoms with Gasteiger partial charge in [-0.2, -0.15) is 0 Å². The standard InChI is InChI=1S/C13H13FO2/c1-8(15)9-3-5-11-10(7-9)4-6-12(16-2)13(11)14/h3-8,15H,1-2H3. The lowest BCUT2D eigenvalue weighted by molar-refractivity contribution is 0.199. The van der Waals surface area contributed by atoms with Gasteiger partial charge in [-0.15, -0.1) is 0 Å². The number of benzene rings is 2. The molecule has 0 spiro atoms. The third kappa shape index (κ3) is 1.74. The van der Waals surface area contributed by atoms with Gasteiger partial charge in [-0.1, -0.05) is 18.2 Å². The number of ether oxygens (including phenoxy) is 1. The number of aliphatic hydroxyl groups is 1. The van der Waals surface area contributed by atoms with Gasteiger partial charge >= 0.3 is 0 Å². The Bertz CT molecular complexity index is 521. The molecular weight excluding hydrogens is 207 g/mol. The fourth-order valence-electron chi connectivity index (χ4n) is 1.71. The van der Waals surface area contributed by atoms with Gasteiger partial charge in [0.2, 0.25) is 0 Å². The summed E-state index contributed by atoms with van der Waals surface area (Å²) in [6, 6.07) is 8.53. The monoisotopic (exact) mass is 220 g/mol. The normalized spacial score (nSPS) is 12.8. The zero-order valence-electron chi connectivity index (χ0n) is 9.20. The molecular formula is C13H13FO2. The number of hydrogen-bond acceptors (Lipinski definition) is 2. The third-order valence-corrected chi connectivity index (χ3v) is 2.65. The van der Waals surface area contributed by atoms with Crippen LogP contribution in [0.1, 0.15) is 18.6 Å². The van der Waals surface area contributed by atoms with E-state index in [1.807, 2.05) is 0 Å². The number of aliphatic hydroxyl groups excluding tert-OH is 1. The summed E-state index contributed by atoms with van der Waals surface area (Å²) in [5, 5.41) is 10.7. The smallest absolute Gasteiger partial charge is 0.172 e. The maximum atomic E-state index is 13.8. The number of fused-ring (bicyclic) bond motifs is 1. The van der Waals surface area contributed by atoms with Gasteiger partial charge in [-0.25, -0.2) is 4.39 Å². The number of methoxy groups -OCH3 is 1. The predicted molar refractivity (Wildman–Crippen MR) is 61.1 cm³/mol. The highest BCUT2D eigenvalue weighted by atomic mass is 19.1. The number of hydrogen-bond donors (Lipinski definition) is 1. The molecule has 0 aromatic heterocycles. The summed E-state index contributed by atoms with van der Waals surface area (Å²) < 4.78 is 18.7. The third-order valence-electron chi connectivity index (χ3n) is 2.65. The van der Waals surface area contributed by atoms with Crippen molar-refractivity contribution in [2.45, 2.75) is 13.0 Å². The molecule has 1 unspecified atom stereocenters. The zero-order chi connectivity index (χ0) is 11.7. The van der Waals surface area contributed by atoms with Crippen molar-refractivity contribution in [3.05, 3.63) is 41.7 Å². The average Bonchev–Trinajstić information content (AvgIpc) is 2.29. The van der Waals surface area contributed by atoms with Crippen LogP contribution in [0, 0.1) is 5.82 Å².